The van der Waals surface area contributed by atoms with E-state index in [9.17, 15) is 19.4 Å². The molecule has 4 aromatic rings. The van der Waals surface area contributed by atoms with Gasteiger partial charge in [-0.3, -0.25) is 28.0 Å². The molecule has 1 aliphatic carbocycles. The van der Waals surface area contributed by atoms with Gasteiger partial charge >= 0.3 is 13.9 Å². The summed E-state index contributed by atoms with van der Waals surface area (Å²) in [6, 6.07) is 0. The summed E-state index contributed by atoms with van der Waals surface area (Å²) in [5.74, 6) is -0.172. The molecule has 2 aliphatic heterocycles. The lowest BCUT2D eigenvalue weighted by Gasteiger charge is -2.28. The van der Waals surface area contributed by atoms with Gasteiger partial charge in [0.25, 0.3) is 5.56 Å². The molecule has 2 saturated heterocycles. The van der Waals surface area contributed by atoms with Crippen molar-refractivity contribution in [2.24, 2.45) is 0 Å². The molecule has 3 fully saturated rings. The summed E-state index contributed by atoms with van der Waals surface area (Å²) in [5.41, 5.74) is 8.83. The van der Waals surface area contributed by atoms with Crippen molar-refractivity contribution in [3.63, 3.8) is 0 Å². The Morgan fingerprint density at radius 2 is 1.93 bits per heavy atom. The van der Waals surface area contributed by atoms with E-state index in [1.165, 1.54) is 21.8 Å². The molecule has 0 bridgehead atoms. The number of imidazole rings is 2. The number of H-pyrrole nitrogens is 1. The quantitative estimate of drug-likeness (QED) is 0.102. The first-order valence-electron chi connectivity index (χ1n) is 12.8. The van der Waals surface area contributed by atoms with Crippen LogP contribution in [0.25, 0.3) is 22.3 Å². The van der Waals surface area contributed by atoms with Crippen molar-refractivity contribution in [2.45, 2.75) is 53.1 Å². The van der Waals surface area contributed by atoms with Gasteiger partial charge in [-0.1, -0.05) is 0 Å². The Morgan fingerprint density at radius 3 is 2.64 bits per heavy atom. The van der Waals surface area contributed by atoms with E-state index in [0.717, 1.165) is 18.1 Å². The average molecular weight is 726 g/mol. The van der Waals surface area contributed by atoms with Gasteiger partial charge in [0.1, 0.15) is 60.6 Å². The number of nitrogens with two attached hydrogens (primary N) is 2. The third kappa shape index (κ3) is 5.14. The Balaban J connectivity index is 1.12. The summed E-state index contributed by atoms with van der Waals surface area (Å²) in [5, 5.41) is 9.00. The molecular formula is C20H21F2N10O8P2S3+. The van der Waals surface area contributed by atoms with Gasteiger partial charge in [-0.15, -0.1) is 16.3 Å². The van der Waals surface area contributed by atoms with E-state index >= 15 is 8.78 Å². The van der Waals surface area contributed by atoms with Gasteiger partial charge in [0.2, 0.25) is 5.95 Å². The molecule has 0 amide bonds. The standard InChI is InChI=1S/C20H20F2N10O8P2S3/c21-6-5(1-37-41(35)43)45-18(32-4-28-8-15(32)29-19(24)30-16(8)33)9(6)39-42(36,44)40-12-11-20(12,34)10(22)17(38-11)31-3-27-7-13(23)25-2-26-14(7)31/h2-6,9-12,17-18,34H,1H2,(H6-,23,24,25,26,29,30,33,35,36,43,44)/p+1/t5-,6+,9-,10-,11-,12?,17-,18-,20+,42?/m1/s1. The zero-order valence-electron chi connectivity index (χ0n) is 22.1. The summed E-state index contributed by atoms with van der Waals surface area (Å²) in [6.45, 7) is -4.82. The van der Waals surface area contributed by atoms with E-state index in [1.54, 1.807) is 0 Å². The predicted molar refractivity (Wildman–Crippen MR) is 160 cm³/mol. The summed E-state index contributed by atoms with van der Waals surface area (Å²) >= 11 is 9.78. The second-order valence-electron chi connectivity index (χ2n) is 10.2. The number of hydrogen-bond donors (Lipinski definition) is 6. The van der Waals surface area contributed by atoms with Gasteiger partial charge in [0.15, 0.2) is 40.6 Å². The molecule has 1 saturated carbocycles. The molecule has 0 aromatic carbocycles. The molecular weight excluding hydrogens is 704 g/mol. The second kappa shape index (κ2) is 11.1. The van der Waals surface area contributed by atoms with E-state index in [4.69, 9.17) is 41.6 Å². The maximum absolute atomic E-state index is 15.9. The van der Waals surface area contributed by atoms with Crippen LogP contribution < -0.4 is 17.0 Å². The van der Waals surface area contributed by atoms with Gasteiger partial charge in [0, 0.05) is 0 Å². The van der Waals surface area contributed by atoms with Gasteiger partial charge < -0.3 is 26.2 Å². The molecule has 0 spiro atoms. The number of thiol groups is 1. The number of aliphatic hydroxyl groups is 1. The maximum atomic E-state index is 15.9. The van der Waals surface area contributed by atoms with E-state index < -0.39 is 72.6 Å². The van der Waals surface area contributed by atoms with Crippen LogP contribution in [0.5, 0.6) is 0 Å². The Kier molecular flexibility index (Phi) is 7.68. The Morgan fingerprint density at radius 1 is 1.20 bits per heavy atom. The molecule has 4 aromatic heterocycles. The first-order chi connectivity index (χ1) is 21.3. The molecule has 25 heteroatoms. The number of ether oxygens (including phenoxy) is 1. The third-order valence-electron chi connectivity index (χ3n) is 7.56. The minimum Gasteiger partial charge on any atom is -0.382 e. The fourth-order valence-electron chi connectivity index (χ4n) is 5.43. The first kappa shape index (κ1) is 31.2. The van der Waals surface area contributed by atoms with Crippen molar-refractivity contribution < 1.29 is 41.7 Å². The monoisotopic (exact) mass is 725 g/mol. The minimum atomic E-state index is -4.45. The predicted octanol–water partition coefficient (Wildman–Crippen LogP) is 0.647. The first-order valence-corrected chi connectivity index (χ1v) is 18.6. The summed E-state index contributed by atoms with van der Waals surface area (Å²) in [6.07, 6.45) is -6.14. The van der Waals surface area contributed by atoms with Crippen molar-refractivity contribution >= 4 is 83.9 Å². The number of nitrogens with one attached hydrogen (secondary N) is 1. The van der Waals surface area contributed by atoms with Crippen LogP contribution >= 0.6 is 38.0 Å². The zero-order chi connectivity index (χ0) is 32.0. The van der Waals surface area contributed by atoms with Crippen molar-refractivity contribution in [3.8, 4) is 0 Å². The highest BCUT2D eigenvalue weighted by Gasteiger charge is 2.80. The molecule has 240 valence electrons. The van der Waals surface area contributed by atoms with E-state index in [2.05, 4.69) is 42.2 Å². The number of anilines is 2. The molecule has 6 heterocycles. The van der Waals surface area contributed by atoms with Crippen LogP contribution in [0.3, 0.4) is 0 Å². The van der Waals surface area contributed by atoms with Gasteiger partial charge in [0.05, 0.1) is 17.9 Å². The van der Waals surface area contributed by atoms with Gasteiger partial charge in [-0.2, -0.15) is 4.98 Å². The smallest absolute Gasteiger partial charge is 0.382 e. The summed E-state index contributed by atoms with van der Waals surface area (Å²) in [4.78, 5) is 45.7. The fraction of sp³-hybridized carbons (Fsp3) is 0.500. The number of fused-ring (bicyclic) bond motifs is 3. The number of aromatic nitrogens is 8. The van der Waals surface area contributed by atoms with E-state index in [1.807, 2.05) is 0 Å². The van der Waals surface area contributed by atoms with Crippen molar-refractivity contribution in [3.05, 3.63) is 29.3 Å². The summed E-state index contributed by atoms with van der Waals surface area (Å²) < 4.78 is 67.3. The van der Waals surface area contributed by atoms with Crippen LogP contribution in [0.2, 0.25) is 0 Å². The highest BCUT2D eigenvalue weighted by atomic mass is 32.7. The maximum Gasteiger partial charge on any atom is 0.582 e. The van der Waals surface area contributed by atoms with Crippen molar-refractivity contribution in [1.82, 2.24) is 39.0 Å². The summed E-state index contributed by atoms with van der Waals surface area (Å²) in [7, 11) is -2.37. The minimum absolute atomic E-state index is 0.0200. The molecule has 3 aliphatic rings. The lowest BCUT2D eigenvalue weighted by atomic mass is 10.1. The molecule has 7 N–H and O–H groups in total. The molecule has 3 unspecified atom stereocenters. The van der Waals surface area contributed by atoms with Crippen LogP contribution in [0, 0.1) is 0 Å². The third-order valence-corrected chi connectivity index (χ3v) is 11.3. The van der Waals surface area contributed by atoms with Crippen molar-refractivity contribution in [2.75, 3.05) is 18.1 Å². The van der Waals surface area contributed by atoms with Crippen molar-refractivity contribution in [1.29, 1.82) is 0 Å². The van der Waals surface area contributed by atoms with E-state index in [0.29, 0.717) is 0 Å². The SMILES string of the molecule is Nc1nc2c(ncn2[C@@H]2S[C@H](CO[P+](=O)S)[C@H](F)[C@H]2OP(O)(=S)OC2[C@H]3O[C@@H](n4cnc5c(N)ncnc54)[C@@H](F)[C@@]23O)c(=O)[nH]1. The number of nitrogen functional groups attached to an aromatic ring is 2. The highest BCUT2D eigenvalue weighted by Crippen LogP contribution is 2.63. The van der Waals surface area contributed by atoms with Gasteiger partial charge in [-0.25, -0.2) is 28.7 Å². The molecule has 0 radical (unpaired) electrons. The topological polar surface area (TPSA) is 254 Å². The molecule has 18 nitrogen and oxygen atoms in total. The Hall–Kier alpha value is -2.43. The normalized spacial score (nSPS) is 34.3. The van der Waals surface area contributed by atoms with Crippen LogP contribution in [-0.2, 0) is 34.7 Å². The number of thioether (sulfide) groups is 1. The van der Waals surface area contributed by atoms with E-state index in [-0.39, 0.29) is 40.7 Å². The van der Waals surface area contributed by atoms with Crippen LogP contribution in [0.15, 0.2) is 23.8 Å². The second-order valence-corrected chi connectivity index (χ2v) is 16.0. The highest BCUT2D eigenvalue weighted by molar-refractivity contribution is 8.39. The number of rotatable bonds is 9. The lowest BCUT2D eigenvalue weighted by molar-refractivity contribution is -0.0604. The number of nitrogens with zero attached hydrogens (tertiary/aromatic N) is 7. The van der Waals surface area contributed by atoms with Crippen LogP contribution in [0.4, 0.5) is 20.5 Å². The van der Waals surface area contributed by atoms with Gasteiger partial charge in [-0.05, 0) is 16.4 Å². The average Bonchev–Trinajstić information content (AvgIpc) is 3.49. The molecule has 7 rings (SSSR count). The number of halogens is 2. The number of aromatic amines is 1. The molecule has 45 heavy (non-hydrogen) atoms. The molecule has 11 atom stereocenters. The van der Waals surface area contributed by atoms with Crippen LogP contribution in [0.1, 0.15) is 11.6 Å². The fourth-order valence-corrected chi connectivity index (χ4v) is 9.29. The largest absolute Gasteiger partial charge is 0.582 e. The Bertz CT molecular complexity index is 1960. The number of hydrogen-bond acceptors (Lipinski definition) is 16. The number of alkyl halides is 2. The zero-order valence-corrected chi connectivity index (χ0v) is 26.4. The van der Waals surface area contributed by atoms with Crippen LogP contribution in [-0.4, -0.2) is 97.2 Å². The Labute approximate surface area is 264 Å². The lowest BCUT2D eigenvalue weighted by Crippen LogP contribution is -2.35.